The van der Waals surface area contributed by atoms with Crippen molar-refractivity contribution in [2.45, 2.75) is 6.54 Å². The Morgan fingerprint density at radius 1 is 1.08 bits per heavy atom. The number of nitrogens with one attached hydrogen (secondary N) is 2. The maximum Gasteiger partial charge on any atom is 0.236 e. The number of hydrogen-bond acceptors (Lipinski definition) is 4. The van der Waals surface area contributed by atoms with Gasteiger partial charge in [0, 0.05) is 20.6 Å². The summed E-state index contributed by atoms with van der Waals surface area (Å²) in [6.07, 6.45) is 0. The molecule has 0 aliphatic carbocycles. The molecule has 6 nitrogen and oxygen atoms in total. The van der Waals surface area contributed by atoms with E-state index in [1.807, 2.05) is 30.3 Å². The predicted molar refractivity (Wildman–Crippen MR) is 93.9 cm³/mol. The maximum atomic E-state index is 12.1. The number of carbonyl (C=O) groups is 2. The number of amides is 2. The lowest BCUT2D eigenvalue weighted by Crippen LogP contribution is -2.39. The third kappa shape index (κ3) is 4.70. The molecule has 0 atom stereocenters. The zero-order valence-electron chi connectivity index (χ0n) is 14.3. The molecular formula is C18H23N3O3. The van der Waals surface area contributed by atoms with Crippen molar-refractivity contribution in [1.82, 2.24) is 15.5 Å². The molecule has 6 heteroatoms. The van der Waals surface area contributed by atoms with Crippen molar-refractivity contribution < 1.29 is 14.3 Å². The maximum absolute atomic E-state index is 12.1. The normalized spacial score (nSPS) is 10.5. The van der Waals surface area contributed by atoms with E-state index >= 15 is 0 Å². The minimum Gasteiger partial charge on any atom is -0.497 e. The first-order chi connectivity index (χ1) is 11.5. The SMILES string of the molecule is CNC(=O)CNCC(=O)N(C)Cc1ccc2cc(OC)ccc2c1. The number of carbonyl (C=O) groups excluding carboxylic acids is 2. The quantitative estimate of drug-likeness (QED) is 0.799. The summed E-state index contributed by atoms with van der Waals surface area (Å²) in [4.78, 5) is 24.8. The summed E-state index contributed by atoms with van der Waals surface area (Å²) < 4.78 is 5.22. The molecule has 2 aromatic carbocycles. The molecule has 2 N–H and O–H groups in total. The van der Waals surface area contributed by atoms with Crippen LogP contribution in [-0.2, 0) is 16.1 Å². The first-order valence-corrected chi connectivity index (χ1v) is 7.75. The van der Waals surface area contributed by atoms with Gasteiger partial charge in [-0.1, -0.05) is 18.2 Å². The van der Waals surface area contributed by atoms with Crippen molar-refractivity contribution in [3.8, 4) is 5.75 Å². The van der Waals surface area contributed by atoms with E-state index in [4.69, 9.17) is 4.74 Å². The second-order valence-corrected chi connectivity index (χ2v) is 5.57. The lowest BCUT2D eigenvalue weighted by molar-refractivity contribution is -0.129. The monoisotopic (exact) mass is 329 g/mol. The lowest BCUT2D eigenvalue weighted by atomic mass is 10.1. The summed E-state index contributed by atoms with van der Waals surface area (Å²) in [5.74, 6) is 0.619. The van der Waals surface area contributed by atoms with E-state index in [1.165, 1.54) is 0 Å². The largest absolute Gasteiger partial charge is 0.497 e. The first kappa shape index (κ1) is 17.7. The first-order valence-electron chi connectivity index (χ1n) is 7.75. The number of nitrogens with zero attached hydrogens (tertiary/aromatic N) is 1. The smallest absolute Gasteiger partial charge is 0.236 e. The van der Waals surface area contributed by atoms with Crippen LogP contribution in [0.25, 0.3) is 10.8 Å². The number of benzene rings is 2. The van der Waals surface area contributed by atoms with E-state index < -0.39 is 0 Å². The summed E-state index contributed by atoms with van der Waals surface area (Å²) in [6, 6.07) is 12.0. The van der Waals surface area contributed by atoms with E-state index in [1.54, 1.807) is 26.1 Å². The molecule has 0 aliphatic heterocycles. The van der Waals surface area contributed by atoms with Crippen molar-refractivity contribution in [2.75, 3.05) is 34.3 Å². The molecule has 0 fully saturated rings. The Bertz CT molecular complexity index is 731. The van der Waals surface area contributed by atoms with Crippen LogP contribution in [0.4, 0.5) is 0 Å². The van der Waals surface area contributed by atoms with Gasteiger partial charge in [0.25, 0.3) is 0 Å². The highest BCUT2D eigenvalue weighted by Gasteiger charge is 2.10. The van der Waals surface area contributed by atoms with E-state index in [0.29, 0.717) is 6.54 Å². The van der Waals surface area contributed by atoms with E-state index in [2.05, 4.69) is 16.7 Å². The zero-order chi connectivity index (χ0) is 17.5. The highest BCUT2D eigenvalue weighted by atomic mass is 16.5. The van der Waals surface area contributed by atoms with E-state index in [0.717, 1.165) is 22.1 Å². The molecule has 0 heterocycles. The van der Waals surface area contributed by atoms with Gasteiger partial charge >= 0.3 is 0 Å². The number of methoxy groups -OCH3 is 1. The number of ether oxygens (including phenoxy) is 1. The molecular weight excluding hydrogens is 306 g/mol. The predicted octanol–water partition coefficient (Wildman–Crippen LogP) is 1.14. The molecule has 24 heavy (non-hydrogen) atoms. The van der Waals surface area contributed by atoms with Crippen molar-refractivity contribution in [1.29, 1.82) is 0 Å². The van der Waals surface area contributed by atoms with E-state index in [-0.39, 0.29) is 24.9 Å². The van der Waals surface area contributed by atoms with Crippen LogP contribution in [-0.4, -0.2) is 51.0 Å². The second-order valence-electron chi connectivity index (χ2n) is 5.57. The minimum atomic E-state index is -0.143. The average molecular weight is 329 g/mol. The van der Waals surface area contributed by atoms with Gasteiger partial charge < -0.3 is 15.0 Å². The van der Waals surface area contributed by atoms with Crippen LogP contribution in [0.1, 0.15) is 5.56 Å². The number of fused-ring (bicyclic) bond motifs is 1. The summed E-state index contributed by atoms with van der Waals surface area (Å²) >= 11 is 0. The van der Waals surface area contributed by atoms with Gasteiger partial charge in [-0.3, -0.25) is 14.9 Å². The molecule has 2 rings (SSSR count). The van der Waals surface area contributed by atoms with Crippen LogP contribution < -0.4 is 15.4 Å². The standard InChI is InChI=1S/C18H23N3O3/c1-19-17(22)10-20-11-18(23)21(2)12-13-4-5-15-9-16(24-3)7-6-14(15)8-13/h4-9,20H,10-12H2,1-3H3,(H,19,22). The van der Waals surface area contributed by atoms with Crippen LogP contribution in [0.15, 0.2) is 36.4 Å². The number of rotatable bonds is 7. The molecule has 0 unspecified atom stereocenters. The van der Waals surface area contributed by atoms with Gasteiger partial charge in [-0.2, -0.15) is 0 Å². The van der Waals surface area contributed by atoms with Crippen LogP contribution in [0.2, 0.25) is 0 Å². The minimum absolute atomic E-state index is 0.0614. The van der Waals surface area contributed by atoms with Crippen molar-refractivity contribution in [3.05, 3.63) is 42.0 Å². The van der Waals surface area contributed by atoms with Crippen LogP contribution >= 0.6 is 0 Å². The van der Waals surface area contributed by atoms with Crippen LogP contribution in [0, 0.1) is 0 Å². The van der Waals surface area contributed by atoms with Gasteiger partial charge in [0.05, 0.1) is 20.2 Å². The molecule has 0 saturated heterocycles. The molecule has 0 radical (unpaired) electrons. The molecule has 2 amide bonds. The van der Waals surface area contributed by atoms with Gasteiger partial charge in [-0.15, -0.1) is 0 Å². The summed E-state index contributed by atoms with van der Waals surface area (Å²) in [7, 11) is 4.96. The third-order valence-corrected chi connectivity index (χ3v) is 3.80. The fourth-order valence-electron chi connectivity index (χ4n) is 2.37. The van der Waals surface area contributed by atoms with Crippen molar-refractivity contribution >= 4 is 22.6 Å². The van der Waals surface area contributed by atoms with Gasteiger partial charge in [0.15, 0.2) is 0 Å². The molecule has 0 saturated carbocycles. The van der Waals surface area contributed by atoms with Gasteiger partial charge in [0.1, 0.15) is 5.75 Å². The summed E-state index contributed by atoms with van der Waals surface area (Å²) in [6.45, 7) is 0.783. The van der Waals surface area contributed by atoms with E-state index in [9.17, 15) is 9.59 Å². The Kier molecular flexibility index (Phi) is 6.14. The van der Waals surface area contributed by atoms with Crippen molar-refractivity contribution in [2.24, 2.45) is 0 Å². The van der Waals surface area contributed by atoms with Crippen molar-refractivity contribution in [3.63, 3.8) is 0 Å². The fourth-order valence-corrected chi connectivity index (χ4v) is 2.37. The topological polar surface area (TPSA) is 70.7 Å². The Labute approximate surface area is 141 Å². The van der Waals surface area contributed by atoms with Gasteiger partial charge in [-0.25, -0.2) is 0 Å². The van der Waals surface area contributed by atoms with Crippen LogP contribution in [0.5, 0.6) is 5.75 Å². The van der Waals surface area contributed by atoms with Crippen LogP contribution in [0.3, 0.4) is 0 Å². The summed E-state index contributed by atoms with van der Waals surface area (Å²) in [5.41, 5.74) is 1.05. The Hall–Kier alpha value is -2.60. The summed E-state index contributed by atoms with van der Waals surface area (Å²) in [5, 5.41) is 7.53. The number of likely N-dealkylation sites (N-methyl/N-ethyl adjacent to an activating group) is 2. The molecule has 128 valence electrons. The number of hydrogen-bond donors (Lipinski definition) is 2. The Morgan fingerprint density at radius 3 is 2.50 bits per heavy atom. The molecule has 0 spiro atoms. The van der Waals surface area contributed by atoms with Gasteiger partial charge in [0.2, 0.25) is 11.8 Å². The molecule has 2 aromatic rings. The Balaban J connectivity index is 1.95. The molecule has 0 bridgehead atoms. The van der Waals surface area contributed by atoms with Gasteiger partial charge in [-0.05, 0) is 34.5 Å². The fraction of sp³-hybridized carbons (Fsp3) is 0.333. The third-order valence-electron chi connectivity index (χ3n) is 3.80. The molecule has 0 aliphatic rings. The second kappa shape index (κ2) is 8.31. The lowest BCUT2D eigenvalue weighted by Gasteiger charge is -2.18. The highest BCUT2D eigenvalue weighted by molar-refractivity contribution is 5.85. The zero-order valence-corrected chi connectivity index (χ0v) is 14.3. The Morgan fingerprint density at radius 2 is 1.79 bits per heavy atom. The highest BCUT2D eigenvalue weighted by Crippen LogP contribution is 2.22. The average Bonchev–Trinajstić information content (AvgIpc) is 2.60. The molecule has 0 aromatic heterocycles.